The Morgan fingerprint density at radius 3 is 2.50 bits per heavy atom. The number of hydrogen-bond donors (Lipinski definition) is 2. The minimum atomic E-state index is 0.534. The van der Waals surface area contributed by atoms with Crippen molar-refractivity contribution in [3.05, 3.63) is 18.0 Å². The lowest BCUT2D eigenvalue weighted by molar-refractivity contribution is 0.370. The van der Waals surface area contributed by atoms with Crippen molar-refractivity contribution in [2.75, 3.05) is 12.4 Å². The molecule has 0 aliphatic heterocycles. The third kappa shape index (κ3) is 2.92. The molecule has 0 saturated heterocycles. The Balaban J connectivity index is 1.87. The molecule has 16 heavy (non-hydrogen) atoms. The summed E-state index contributed by atoms with van der Waals surface area (Å²) in [5, 5.41) is 6.75. The van der Waals surface area contributed by atoms with Gasteiger partial charge in [-0.3, -0.25) is 0 Å². The van der Waals surface area contributed by atoms with Gasteiger partial charge in [0.05, 0.1) is 0 Å². The summed E-state index contributed by atoms with van der Waals surface area (Å²) in [6.45, 7) is 1.99. The molecule has 0 spiro atoms. The Bertz CT molecular complexity index is 332. The van der Waals surface area contributed by atoms with E-state index in [1.165, 1.54) is 25.7 Å². The van der Waals surface area contributed by atoms with Crippen LogP contribution in [0.1, 0.15) is 31.4 Å². The highest BCUT2D eigenvalue weighted by molar-refractivity contribution is 5.26. The van der Waals surface area contributed by atoms with Gasteiger partial charge < -0.3 is 10.6 Å². The maximum atomic E-state index is 4.37. The van der Waals surface area contributed by atoms with Crippen molar-refractivity contribution in [1.29, 1.82) is 0 Å². The van der Waals surface area contributed by atoms with E-state index in [2.05, 4.69) is 20.6 Å². The zero-order chi connectivity index (χ0) is 11.4. The highest BCUT2D eigenvalue weighted by Crippen LogP contribution is 2.20. The monoisotopic (exact) mass is 220 g/mol. The van der Waals surface area contributed by atoms with E-state index < -0.39 is 0 Å². The second-order valence-corrected chi connectivity index (χ2v) is 4.50. The number of aryl methyl sites for hydroxylation is 1. The molecule has 0 amide bonds. The topological polar surface area (TPSA) is 49.8 Å². The molecule has 2 N–H and O–H groups in total. The molecule has 1 aromatic heterocycles. The molecule has 4 nitrogen and oxygen atoms in total. The molecule has 0 atom stereocenters. The van der Waals surface area contributed by atoms with E-state index in [0.29, 0.717) is 12.1 Å². The Morgan fingerprint density at radius 1 is 1.19 bits per heavy atom. The average Bonchev–Trinajstić information content (AvgIpc) is 2.30. The van der Waals surface area contributed by atoms with Crippen LogP contribution in [0.25, 0.3) is 0 Å². The van der Waals surface area contributed by atoms with Gasteiger partial charge in [-0.05, 0) is 45.7 Å². The van der Waals surface area contributed by atoms with Crippen molar-refractivity contribution in [2.45, 2.75) is 44.7 Å². The predicted molar refractivity (Wildman–Crippen MR) is 65.5 cm³/mol. The quantitative estimate of drug-likeness (QED) is 0.814. The Hall–Kier alpha value is -1.16. The van der Waals surface area contributed by atoms with Crippen LogP contribution >= 0.6 is 0 Å². The van der Waals surface area contributed by atoms with Crippen LogP contribution in [0.4, 0.5) is 5.95 Å². The first-order valence-electron chi connectivity index (χ1n) is 6.01. The van der Waals surface area contributed by atoms with Gasteiger partial charge in [0.25, 0.3) is 0 Å². The minimum absolute atomic E-state index is 0.534. The van der Waals surface area contributed by atoms with Crippen LogP contribution in [0.15, 0.2) is 12.3 Å². The molecule has 0 unspecified atom stereocenters. The Kier molecular flexibility index (Phi) is 3.72. The van der Waals surface area contributed by atoms with Crippen LogP contribution in [0.5, 0.6) is 0 Å². The molecule has 2 rings (SSSR count). The maximum Gasteiger partial charge on any atom is 0.223 e. The predicted octanol–water partition coefficient (Wildman–Crippen LogP) is 1.73. The van der Waals surface area contributed by atoms with Gasteiger partial charge in [-0.2, -0.15) is 0 Å². The Labute approximate surface area is 96.9 Å². The van der Waals surface area contributed by atoms with Crippen molar-refractivity contribution in [3.8, 4) is 0 Å². The zero-order valence-corrected chi connectivity index (χ0v) is 10.0. The average molecular weight is 220 g/mol. The summed E-state index contributed by atoms with van der Waals surface area (Å²) >= 11 is 0. The van der Waals surface area contributed by atoms with Gasteiger partial charge in [0.1, 0.15) is 0 Å². The van der Waals surface area contributed by atoms with Crippen molar-refractivity contribution in [2.24, 2.45) is 0 Å². The second kappa shape index (κ2) is 5.25. The van der Waals surface area contributed by atoms with Crippen LogP contribution in [0.2, 0.25) is 0 Å². The fourth-order valence-electron chi connectivity index (χ4n) is 2.23. The lowest BCUT2D eigenvalue weighted by Crippen LogP contribution is -2.35. The zero-order valence-electron chi connectivity index (χ0n) is 10.0. The van der Waals surface area contributed by atoms with E-state index in [1.807, 2.05) is 26.2 Å². The Morgan fingerprint density at radius 2 is 1.88 bits per heavy atom. The van der Waals surface area contributed by atoms with Crippen LogP contribution in [0, 0.1) is 6.92 Å². The fraction of sp³-hybridized carbons (Fsp3) is 0.667. The lowest BCUT2D eigenvalue weighted by Gasteiger charge is -2.28. The highest BCUT2D eigenvalue weighted by Gasteiger charge is 2.20. The number of nitrogens with one attached hydrogen (secondary N) is 2. The SMILES string of the molecule is CNC1CCC(Nc2nccc(C)n2)CC1. The lowest BCUT2D eigenvalue weighted by atomic mass is 9.91. The van der Waals surface area contributed by atoms with Gasteiger partial charge in [0.2, 0.25) is 5.95 Å². The number of anilines is 1. The van der Waals surface area contributed by atoms with Crippen LogP contribution in [-0.2, 0) is 0 Å². The molecular weight excluding hydrogens is 200 g/mol. The second-order valence-electron chi connectivity index (χ2n) is 4.50. The van der Waals surface area contributed by atoms with E-state index in [9.17, 15) is 0 Å². The first kappa shape index (κ1) is 11.3. The van der Waals surface area contributed by atoms with Crippen LogP contribution in [-0.4, -0.2) is 29.1 Å². The summed E-state index contributed by atoms with van der Waals surface area (Å²) in [7, 11) is 2.04. The van der Waals surface area contributed by atoms with Crippen molar-refractivity contribution >= 4 is 5.95 Å². The van der Waals surface area contributed by atoms with Gasteiger partial charge in [-0.15, -0.1) is 0 Å². The van der Waals surface area contributed by atoms with E-state index >= 15 is 0 Å². The van der Waals surface area contributed by atoms with E-state index in [4.69, 9.17) is 0 Å². The van der Waals surface area contributed by atoms with Gasteiger partial charge in [0.15, 0.2) is 0 Å². The summed E-state index contributed by atoms with van der Waals surface area (Å²) in [6, 6.07) is 3.14. The first-order valence-corrected chi connectivity index (χ1v) is 6.01. The molecular formula is C12H20N4. The number of rotatable bonds is 3. The molecule has 4 heteroatoms. The third-order valence-electron chi connectivity index (χ3n) is 3.26. The van der Waals surface area contributed by atoms with Crippen molar-refractivity contribution < 1.29 is 0 Å². The molecule has 1 aliphatic rings. The van der Waals surface area contributed by atoms with Gasteiger partial charge in [-0.25, -0.2) is 9.97 Å². The number of aromatic nitrogens is 2. The van der Waals surface area contributed by atoms with E-state index in [1.54, 1.807) is 0 Å². The summed E-state index contributed by atoms with van der Waals surface area (Å²) in [6.07, 6.45) is 6.68. The van der Waals surface area contributed by atoms with Gasteiger partial charge >= 0.3 is 0 Å². The maximum absolute atomic E-state index is 4.37. The molecule has 88 valence electrons. The van der Waals surface area contributed by atoms with Gasteiger partial charge in [0, 0.05) is 24.0 Å². The molecule has 1 fully saturated rings. The molecule has 0 aromatic carbocycles. The summed E-state index contributed by atoms with van der Waals surface area (Å²) in [5.74, 6) is 0.771. The van der Waals surface area contributed by atoms with Crippen LogP contribution in [0.3, 0.4) is 0 Å². The number of hydrogen-bond acceptors (Lipinski definition) is 4. The van der Waals surface area contributed by atoms with Crippen LogP contribution < -0.4 is 10.6 Å². The largest absolute Gasteiger partial charge is 0.351 e. The van der Waals surface area contributed by atoms with Gasteiger partial charge in [-0.1, -0.05) is 0 Å². The minimum Gasteiger partial charge on any atom is -0.351 e. The number of nitrogens with zero attached hydrogens (tertiary/aromatic N) is 2. The molecule has 0 radical (unpaired) electrons. The molecule has 1 aromatic rings. The molecule has 0 bridgehead atoms. The first-order chi connectivity index (χ1) is 7.78. The molecule has 1 saturated carbocycles. The van der Waals surface area contributed by atoms with E-state index in [0.717, 1.165) is 11.6 Å². The molecule has 1 heterocycles. The summed E-state index contributed by atoms with van der Waals surface area (Å²) in [5.41, 5.74) is 1.02. The summed E-state index contributed by atoms with van der Waals surface area (Å²) in [4.78, 5) is 8.60. The summed E-state index contributed by atoms with van der Waals surface area (Å²) < 4.78 is 0. The van der Waals surface area contributed by atoms with Crippen molar-refractivity contribution in [1.82, 2.24) is 15.3 Å². The van der Waals surface area contributed by atoms with E-state index in [-0.39, 0.29) is 0 Å². The fourth-order valence-corrected chi connectivity index (χ4v) is 2.23. The normalized spacial score (nSPS) is 25.4. The molecule has 1 aliphatic carbocycles. The highest BCUT2D eigenvalue weighted by atomic mass is 15.1. The van der Waals surface area contributed by atoms with Crippen molar-refractivity contribution in [3.63, 3.8) is 0 Å². The smallest absolute Gasteiger partial charge is 0.223 e. The third-order valence-corrected chi connectivity index (χ3v) is 3.26. The standard InChI is InChI=1S/C12H20N4/c1-9-7-8-14-12(15-9)16-11-5-3-10(13-2)4-6-11/h7-8,10-11,13H,3-6H2,1-2H3,(H,14,15,16).